The predicted octanol–water partition coefficient (Wildman–Crippen LogP) is 10.9. The molecule has 4 aliphatic rings. The number of methoxy groups -OCH3 is 4. The Morgan fingerprint density at radius 2 is 1.20 bits per heavy atom. The van der Waals surface area contributed by atoms with Gasteiger partial charge in [0.05, 0.1) is 28.4 Å². The third-order valence-electron chi connectivity index (χ3n) is 12.4. The quantitative estimate of drug-likeness (QED) is 0.181. The van der Waals surface area contributed by atoms with Crippen LogP contribution in [0.3, 0.4) is 0 Å². The Labute approximate surface area is 294 Å². The van der Waals surface area contributed by atoms with Crippen LogP contribution in [0.4, 0.5) is 0 Å². The summed E-state index contributed by atoms with van der Waals surface area (Å²) >= 11 is 0. The molecule has 3 aliphatic carbocycles. The molecule has 0 saturated heterocycles. The maximum Gasteiger partial charge on any atom is 0.178 e. The molecule has 1 saturated carbocycles. The lowest BCUT2D eigenvalue weighted by Gasteiger charge is -2.41. The summed E-state index contributed by atoms with van der Waals surface area (Å²) in [4.78, 5) is 0. The van der Waals surface area contributed by atoms with E-state index >= 15 is 0 Å². The molecule has 5 aromatic rings. The van der Waals surface area contributed by atoms with Crippen LogP contribution in [0.15, 0.2) is 78.9 Å². The van der Waals surface area contributed by atoms with E-state index in [-0.39, 0.29) is 0 Å². The highest BCUT2D eigenvalue weighted by Gasteiger charge is 2.45. The first-order valence-corrected chi connectivity index (χ1v) is 18.0. The van der Waals surface area contributed by atoms with Crippen LogP contribution in [-0.2, 0) is 5.60 Å². The number of benzene rings is 5. The van der Waals surface area contributed by atoms with Gasteiger partial charge in [-0.25, -0.2) is 0 Å². The molecule has 5 aromatic carbocycles. The molecule has 0 N–H and O–H groups in total. The van der Waals surface area contributed by atoms with E-state index in [1.54, 1.807) is 34.0 Å². The molecular formula is C45H44O5. The molecule has 4 atom stereocenters. The Balaban J connectivity index is 1.38. The summed E-state index contributed by atoms with van der Waals surface area (Å²) in [6.07, 6.45) is 9.57. The van der Waals surface area contributed by atoms with Gasteiger partial charge in [0.1, 0.15) is 5.75 Å². The van der Waals surface area contributed by atoms with Gasteiger partial charge in [0, 0.05) is 22.1 Å². The molecule has 5 heteroatoms. The molecule has 5 nitrogen and oxygen atoms in total. The lowest BCUT2D eigenvalue weighted by Crippen LogP contribution is -2.35. The summed E-state index contributed by atoms with van der Waals surface area (Å²) in [5.41, 5.74) is 10.9. The predicted molar refractivity (Wildman–Crippen MR) is 200 cm³/mol. The second-order valence-electron chi connectivity index (χ2n) is 14.5. The summed E-state index contributed by atoms with van der Waals surface area (Å²) in [6.45, 7) is 4.83. The second kappa shape index (κ2) is 11.6. The first kappa shape index (κ1) is 31.1. The van der Waals surface area contributed by atoms with Crippen molar-refractivity contribution in [1.29, 1.82) is 0 Å². The van der Waals surface area contributed by atoms with Crippen molar-refractivity contribution in [2.45, 2.75) is 68.8 Å². The van der Waals surface area contributed by atoms with Crippen LogP contribution in [0.1, 0.15) is 102 Å². The fourth-order valence-electron chi connectivity index (χ4n) is 9.86. The lowest BCUT2D eigenvalue weighted by molar-refractivity contribution is 0.162. The topological polar surface area (TPSA) is 46.2 Å². The van der Waals surface area contributed by atoms with Crippen molar-refractivity contribution in [1.82, 2.24) is 0 Å². The maximum atomic E-state index is 7.66. The number of rotatable bonds is 6. The minimum Gasteiger partial charge on any atom is -0.493 e. The van der Waals surface area contributed by atoms with Crippen LogP contribution < -0.4 is 23.7 Å². The Morgan fingerprint density at radius 3 is 1.84 bits per heavy atom. The van der Waals surface area contributed by atoms with E-state index in [9.17, 15) is 0 Å². The molecule has 1 aliphatic heterocycles. The van der Waals surface area contributed by atoms with Gasteiger partial charge >= 0.3 is 0 Å². The third-order valence-corrected chi connectivity index (χ3v) is 12.4. The van der Waals surface area contributed by atoms with E-state index in [0.717, 1.165) is 16.9 Å². The van der Waals surface area contributed by atoms with Crippen LogP contribution >= 0.6 is 0 Å². The molecule has 4 unspecified atom stereocenters. The SMILES string of the molecule is COc1ccc(C2(c3ccc(OC)c(OC)c3)C=Cc3c4c5c6c(cccc6c3O2)C2CCCCC2c2cccc(c2-5)C(C)C4C)cc1OC. The number of hydrogen-bond acceptors (Lipinski definition) is 5. The zero-order valence-corrected chi connectivity index (χ0v) is 29.8. The van der Waals surface area contributed by atoms with Crippen molar-refractivity contribution in [2.24, 2.45) is 0 Å². The van der Waals surface area contributed by atoms with Gasteiger partial charge in [0.25, 0.3) is 0 Å². The fraction of sp³-hybridized carbons (Fsp3) is 0.333. The maximum absolute atomic E-state index is 7.66. The molecule has 0 aromatic heterocycles. The Kier molecular flexibility index (Phi) is 7.21. The number of ether oxygens (including phenoxy) is 5. The van der Waals surface area contributed by atoms with Crippen LogP contribution in [0.5, 0.6) is 28.7 Å². The van der Waals surface area contributed by atoms with Crippen molar-refractivity contribution >= 4 is 16.8 Å². The van der Waals surface area contributed by atoms with Crippen molar-refractivity contribution in [3.63, 3.8) is 0 Å². The lowest BCUT2D eigenvalue weighted by atomic mass is 9.67. The largest absolute Gasteiger partial charge is 0.493 e. The summed E-state index contributed by atoms with van der Waals surface area (Å²) < 4.78 is 30.7. The molecule has 0 amide bonds. The molecule has 9 rings (SSSR count). The molecule has 0 spiro atoms. The monoisotopic (exact) mass is 664 g/mol. The van der Waals surface area contributed by atoms with Crippen LogP contribution in [-0.4, -0.2) is 28.4 Å². The third kappa shape index (κ3) is 4.19. The van der Waals surface area contributed by atoms with Gasteiger partial charge in [0.15, 0.2) is 28.6 Å². The smallest absolute Gasteiger partial charge is 0.178 e. The molecular weight excluding hydrogens is 620 g/mol. The van der Waals surface area contributed by atoms with E-state index in [2.05, 4.69) is 74.5 Å². The second-order valence-corrected chi connectivity index (χ2v) is 14.5. The minimum atomic E-state index is -0.997. The molecule has 1 fully saturated rings. The van der Waals surface area contributed by atoms with E-state index in [1.807, 2.05) is 24.3 Å². The van der Waals surface area contributed by atoms with Gasteiger partial charge in [-0.2, -0.15) is 0 Å². The first-order chi connectivity index (χ1) is 24.4. The van der Waals surface area contributed by atoms with E-state index in [4.69, 9.17) is 23.7 Å². The van der Waals surface area contributed by atoms with Crippen LogP contribution in [0, 0.1) is 0 Å². The van der Waals surface area contributed by atoms with Crippen LogP contribution in [0.2, 0.25) is 0 Å². The molecule has 1 heterocycles. The minimum absolute atomic E-state index is 0.307. The van der Waals surface area contributed by atoms with Crippen molar-refractivity contribution in [3.05, 3.63) is 118 Å². The van der Waals surface area contributed by atoms with Crippen LogP contribution in [0.25, 0.3) is 28.0 Å². The van der Waals surface area contributed by atoms with Gasteiger partial charge in [-0.3, -0.25) is 0 Å². The summed E-state index contributed by atoms with van der Waals surface area (Å²) in [5.74, 6) is 5.25. The summed E-state index contributed by atoms with van der Waals surface area (Å²) in [5, 5.41) is 2.56. The Hall–Kier alpha value is -4.90. The van der Waals surface area contributed by atoms with E-state index in [1.165, 1.54) is 69.8 Å². The standard InChI is InChI=1S/C45H44O5/c1-25-26(2)40-35-21-22-45(27-17-19-36(46-3)38(23-27)48-5,28-18-20-37(47-4)39(24-28)49-6)50-44(35)34-16-10-15-33-31-12-8-7-11-30(31)32-14-9-13-29(25)41(32)43(40)42(33)34/h9-10,13-26,30-31H,7-8,11-12H2,1-6H3. The van der Waals surface area contributed by atoms with Crippen molar-refractivity contribution < 1.29 is 23.7 Å². The van der Waals surface area contributed by atoms with Gasteiger partial charge in [-0.15, -0.1) is 0 Å². The normalized spacial score (nSPS) is 22.1. The Morgan fingerprint density at radius 1 is 0.620 bits per heavy atom. The molecule has 0 radical (unpaired) electrons. The molecule has 50 heavy (non-hydrogen) atoms. The van der Waals surface area contributed by atoms with Gasteiger partial charge < -0.3 is 23.7 Å². The summed E-state index contributed by atoms with van der Waals surface area (Å²) in [6, 6.07) is 26.3. The fourth-order valence-corrected chi connectivity index (χ4v) is 9.86. The highest BCUT2D eigenvalue weighted by Crippen LogP contribution is 2.62. The average Bonchev–Trinajstić information content (AvgIpc) is 3.30. The first-order valence-electron chi connectivity index (χ1n) is 18.0. The highest BCUT2D eigenvalue weighted by molar-refractivity contribution is 6.09. The zero-order valence-electron chi connectivity index (χ0n) is 29.8. The number of fused-ring (bicyclic) bond motifs is 6. The van der Waals surface area contributed by atoms with E-state index < -0.39 is 5.60 Å². The average molecular weight is 665 g/mol. The highest BCUT2D eigenvalue weighted by atomic mass is 16.5. The van der Waals surface area contributed by atoms with Crippen molar-refractivity contribution in [2.75, 3.05) is 28.4 Å². The van der Waals surface area contributed by atoms with E-state index in [0.29, 0.717) is 46.7 Å². The van der Waals surface area contributed by atoms with Gasteiger partial charge in [0.2, 0.25) is 0 Å². The molecule has 254 valence electrons. The zero-order chi connectivity index (χ0) is 34.3. The molecule has 0 bridgehead atoms. The van der Waals surface area contributed by atoms with Gasteiger partial charge in [-0.1, -0.05) is 81.3 Å². The summed E-state index contributed by atoms with van der Waals surface area (Å²) in [7, 11) is 6.68. The van der Waals surface area contributed by atoms with Crippen molar-refractivity contribution in [3.8, 4) is 39.9 Å². The van der Waals surface area contributed by atoms with Gasteiger partial charge in [-0.05, 0) is 106 Å². The number of hydrogen-bond donors (Lipinski definition) is 0. The Bertz CT molecular complexity index is 2160.